The lowest BCUT2D eigenvalue weighted by molar-refractivity contribution is -0.146. The van der Waals surface area contributed by atoms with E-state index in [9.17, 15) is 22.8 Å². The first kappa shape index (κ1) is 43.1. The lowest BCUT2D eigenvalue weighted by Crippen LogP contribution is -2.65. The third-order valence-electron chi connectivity index (χ3n) is 12.9. The van der Waals surface area contributed by atoms with E-state index in [1.807, 2.05) is 44.4 Å². The van der Waals surface area contributed by atoms with Crippen LogP contribution in [0.3, 0.4) is 0 Å². The first-order valence-corrected chi connectivity index (χ1v) is 24.2. The van der Waals surface area contributed by atoms with Crippen LogP contribution in [0.25, 0.3) is 21.6 Å². The van der Waals surface area contributed by atoms with Gasteiger partial charge in [0.05, 0.1) is 41.8 Å². The molecule has 3 amide bonds. The minimum atomic E-state index is -3.84. The number of fused-ring (bicyclic) bond motifs is 2. The van der Waals surface area contributed by atoms with Crippen LogP contribution in [0.1, 0.15) is 84.8 Å². The van der Waals surface area contributed by atoms with Gasteiger partial charge in [0.25, 0.3) is 5.91 Å². The Kier molecular flexibility index (Phi) is 12.4. The minimum absolute atomic E-state index is 0.00654. The Bertz CT molecular complexity index is 2230. The lowest BCUT2D eigenvalue weighted by Gasteiger charge is -2.41. The van der Waals surface area contributed by atoms with E-state index in [1.54, 1.807) is 4.90 Å². The molecule has 2 aromatic heterocycles. The number of rotatable bonds is 16. The van der Waals surface area contributed by atoms with Crippen molar-refractivity contribution in [2.45, 2.75) is 114 Å². The Morgan fingerprint density at radius 2 is 1.90 bits per heavy atom. The molecule has 15 nitrogen and oxygen atoms in total. The van der Waals surface area contributed by atoms with Gasteiger partial charge in [0.2, 0.25) is 21.8 Å². The van der Waals surface area contributed by atoms with E-state index in [1.165, 1.54) is 11.3 Å². The van der Waals surface area contributed by atoms with E-state index in [0.717, 1.165) is 31.7 Å². The molecule has 60 heavy (non-hydrogen) atoms. The predicted molar refractivity (Wildman–Crippen MR) is 229 cm³/mol. The number of halogens is 1. The van der Waals surface area contributed by atoms with Crippen LogP contribution in [0, 0.1) is 11.8 Å². The van der Waals surface area contributed by atoms with Gasteiger partial charge in [-0.2, -0.15) is 0 Å². The van der Waals surface area contributed by atoms with E-state index in [0.29, 0.717) is 90.2 Å². The van der Waals surface area contributed by atoms with E-state index in [4.69, 9.17) is 35.8 Å². The molecule has 5 aliphatic rings. The fourth-order valence-electron chi connectivity index (χ4n) is 8.75. The molecule has 3 aromatic rings. The van der Waals surface area contributed by atoms with E-state index < -0.39 is 56.9 Å². The normalized spacial score (nSPS) is 27.5. The third-order valence-corrected chi connectivity index (χ3v) is 16.0. The number of pyridine rings is 1. The number of hydrogen-bond donors (Lipinski definition) is 3. The maximum absolute atomic E-state index is 14.5. The number of carbonyl (C=O) groups is 3. The topological polar surface area (TPSA) is 181 Å². The molecule has 1 unspecified atom stereocenters. The van der Waals surface area contributed by atoms with Crippen molar-refractivity contribution in [1.29, 1.82) is 0 Å². The van der Waals surface area contributed by atoms with Crippen molar-refractivity contribution >= 4 is 61.6 Å². The second-order valence-corrected chi connectivity index (χ2v) is 20.4. The summed E-state index contributed by atoms with van der Waals surface area (Å²) >= 11 is 8.60. The van der Waals surface area contributed by atoms with Gasteiger partial charge >= 0.3 is 0 Å². The standard InChI is InChI=1S/C42H56ClN7O8S2/c1-6-24(5)36-40(52)50-30(38(51)47-42(20-25(42)7-2)41(53)48-60(54,55)26-8-9-26)19-34(31(50)21-44-36)58-33-18-28(39-46-29(22-59-39)23(3)4)45-37-27(33)10-11-32(35(37)43)57-17-14-49-12-15-56-16-13-49/h10-11,18,22-26,30-31,34,36,44H,6-9,12-17,19-21H2,1-5H3,(H,47,51)(H,48,53)/t24-,25+,30-,31+,34+,36?,42+/m0/s1. The highest BCUT2D eigenvalue weighted by atomic mass is 35.5. The highest BCUT2D eigenvalue weighted by Gasteiger charge is 2.63. The van der Waals surface area contributed by atoms with Crippen LogP contribution in [0.2, 0.25) is 5.02 Å². The molecule has 0 spiro atoms. The van der Waals surface area contributed by atoms with Gasteiger partial charge in [0.1, 0.15) is 51.5 Å². The molecule has 1 aromatic carbocycles. The van der Waals surface area contributed by atoms with Crippen LogP contribution in [0.4, 0.5) is 0 Å². The largest absolute Gasteiger partial charge is 0.491 e. The van der Waals surface area contributed by atoms with Gasteiger partial charge in [0, 0.05) is 49.4 Å². The molecule has 3 aliphatic heterocycles. The number of piperazine rings is 1. The second-order valence-electron chi connectivity index (χ2n) is 17.3. The molecule has 7 atom stereocenters. The van der Waals surface area contributed by atoms with Gasteiger partial charge in [0.15, 0.2) is 0 Å². The summed E-state index contributed by atoms with van der Waals surface area (Å²) < 4.78 is 46.6. The Morgan fingerprint density at radius 3 is 2.57 bits per heavy atom. The monoisotopic (exact) mass is 885 g/mol. The highest BCUT2D eigenvalue weighted by Crippen LogP contribution is 2.47. The number of nitrogens with zero attached hydrogens (tertiary/aromatic N) is 4. The quantitative estimate of drug-likeness (QED) is 0.184. The summed E-state index contributed by atoms with van der Waals surface area (Å²) in [4.78, 5) is 56.4. The Balaban J connectivity index is 1.11. The molecule has 5 heterocycles. The summed E-state index contributed by atoms with van der Waals surface area (Å²) in [6.07, 6.45) is 2.10. The molecule has 2 saturated carbocycles. The van der Waals surface area contributed by atoms with Crippen molar-refractivity contribution in [2.75, 3.05) is 46.0 Å². The summed E-state index contributed by atoms with van der Waals surface area (Å²) in [6.45, 7) is 14.7. The zero-order valence-electron chi connectivity index (χ0n) is 34.9. The molecular formula is C42H56ClN7O8S2. The number of ether oxygens (including phenoxy) is 3. The van der Waals surface area contributed by atoms with Gasteiger partial charge in [-0.1, -0.05) is 59.1 Å². The van der Waals surface area contributed by atoms with Crippen LogP contribution < -0.4 is 24.8 Å². The molecule has 0 bridgehead atoms. The number of sulfonamides is 1. The summed E-state index contributed by atoms with van der Waals surface area (Å²) in [7, 11) is -3.84. The number of morpholine rings is 1. The van der Waals surface area contributed by atoms with Crippen molar-refractivity contribution in [3.05, 3.63) is 34.3 Å². The second kappa shape index (κ2) is 17.3. The average Bonchev–Trinajstić information content (AvgIpc) is 4.13. The molecule has 3 N–H and O–H groups in total. The Morgan fingerprint density at radius 1 is 1.13 bits per heavy atom. The molecule has 5 fully saturated rings. The minimum Gasteiger partial charge on any atom is -0.491 e. The van der Waals surface area contributed by atoms with Crippen molar-refractivity contribution in [3.63, 3.8) is 0 Å². The maximum atomic E-state index is 14.5. The number of nitrogens with one attached hydrogen (secondary N) is 3. The summed E-state index contributed by atoms with van der Waals surface area (Å²) in [6, 6.07) is 3.50. The number of thiazole rings is 1. The zero-order chi connectivity index (χ0) is 42.5. The fraction of sp³-hybridized carbons (Fsp3) is 0.643. The summed E-state index contributed by atoms with van der Waals surface area (Å²) in [5.74, 6) is -0.524. The molecule has 0 radical (unpaired) electrons. The number of benzene rings is 1. The van der Waals surface area contributed by atoms with E-state index >= 15 is 0 Å². The molecule has 326 valence electrons. The smallest absolute Gasteiger partial charge is 0.259 e. The average molecular weight is 887 g/mol. The highest BCUT2D eigenvalue weighted by molar-refractivity contribution is 7.91. The van der Waals surface area contributed by atoms with Crippen LogP contribution in [-0.4, -0.2) is 127 Å². The predicted octanol–water partition coefficient (Wildman–Crippen LogP) is 4.47. The van der Waals surface area contributed by atoms with Crippen molar-refractivity contribution in [2.24, 2.45) is 11.8 Å². The van der Waals surface area contributed by atoms with Gasteiger partial charge < -0.3 is 29.7 Å². The van der Waals surface area contributed by atoms with Crippen molar-refractivity contribution in [3.8, 4) is 22.2 Å². The van der Waals surface area contributed by atoms with Crippen molar-refractivity contribution in [1.82, 2.24) is 35.1 Å². The first-order valence-electron chi connectivity index (χ1n) is 21.4. The lowest BCUT2D eigenvalue weighted by atomic mass is 9.94. The first-order chi connectivity index (χ1) is 28.7. The fourth-order valence-corrected chi connectivity index (χ4v) is 11.3. The molecule has 2 aliphatic carbocycles. The number of aromatic nitrogens is 2. The maximum Gasteiger partial charge on any atom is 0.259 e. The van der Waals surface area contributed by atoms with Crippen molar-refractivity contribution < 1.29 is 37.0 Å². The van der Waals surface area contributed by atoms with Gasteiger partial charge in [-0.15, -0.1) is 11.3 Å². The van der Waals surface area contributed by atoms with Gasteiger partial charge in [-0.05, 0) is 49.1 Å². The number of amides is 3. The van der Waals surface area contributed by atoms with Crippen LogP contribution in [-0.2, 0) is 29.1 Å². The van der Waals surface area contributed by atoms with E-state index in [2.05, 4.69) is 34.1 Å². The van der Waals surface area contributed by atoms with Crippen LogP contribution >= 0.6 is 22.9 Å². The summed E-state index contributed by atoms with van der Waals surface area (Å²) in [5, 5.41) is 9.50. The zero-order valence-corrected chi connectivity index (χ0v) is 37.3. The van der Waals surface area contributed by atoms with Gasteiger partial charge in [-0.3, -0.25) is 24.0 Å². The Labute approximate surface area is 360 Å². The number of carbonyl (C=O) groups excluding carboxylic acids is 3. The third kappa shape index (κ3) is 8.46. The molecule has 3 saturated heterocycles. The SMILES string of the molecule is CC[C@@H]1C[C@]1(NC(=O)[C@@H]1C[C@@H](Oc2cc(-c3nc(C(C)C)cs3)nc3c(Cl)c(OCCN4CCOCC4)ccc23)[C@H]2CNC([C@@H](C)CC)C(=O)N21)C(=O)NS(=O)(=O)C1CC1. The Hall–Kier alpha value is -3.61. The van der Waals surface area contributed by atoms with Crippen LogP contribution in [0.5, 0.6) is 11.5 Å². The van der Waals surface area contributed by atoms with Gasteiger partial charge in [-0.25, -0.2) is 18.4 Å². The van der Waals surface area contributed by atoms with Crippen LogP contribution in [0.15, 0.2) is 23.6 Å². The van der Waals surface area contributed by atoms with E-state index in [-0.39, 0.29) is 30.1 Å². The number of hydrogen-bond acceptors (Lipinski definition) is 13. The molecule has 8 rings (SSSR count). The molecular weight excluding hydrogens is 830 g/mol. The summed E-state index contributed by atoms with van der Waals surface area (Å²) in [5.41, 5.74) is 0.592. The molecule has 18 heteroatoms.